The van der Waals surface area contributed by atoms with Crippen LogP contribution in [0.5, 0.6) is 0 Å². The Hall–Kier alpha value is -2.36. The Morgan fingerprint density at radius 2 is 1.88 bits per heavy atom. The molecule has 3 aromatic rings. The molecule has 0 saturated heterocycles. The van der Waals surface area contributed by atoms with Gasteiger partial charge in [-0.05, 0) is 36.4 Å². The van der Waals surface area contributed by atoms with E-state index < -0.39 is 10.0 Å². The number of rotatable bonds is 5. The zero-order chi connectivity index (χ0) is 17.2. The Morgan fingerprint density at radius 3 is 2.54 bits per heavy atom. The molecule has 2 aromatic carbocycles. The number of hydrogen-bond donors (Lipinski definition) is 2. The van der Waals surface area contributed by atoms with Gasteiger partial charge in [-0.3, -0.25) is 4.79 Å². The number of hydrogen-bond acceptors (Lipinski definition) is 6. The Labute approximate surface area is 142 Å². The topological polar surface area (TPSA) is 115 Å². The van der Waals surface area contributed by atoms with Crippen LogP contribution in [-0.2, 0) is 14.8 Å². The molecule has 0 saturated carbocycles. The van der Waals surface area contributed by atoms with E-state index in [1.54, 1.807) is 6.07 Å². The minimum atomic E-state index is -3.74. The van der Waals surface area contributed by atoms with Crippen LogP contribution < -0.4 is 10.5 Å². The maximum Gasteiger partial charge on any atom is 0.257 e. The number of nitrogens with one attached hydrogen (secondary N) is 1. The van der Waals surface area contributed by atoms with E-state index in [0.717, 1.165) is 5.52 Å². The van der Waals surface area contributed by atoms with E-state index in [4.69, 9.17) is 9.56 Å². The fraction of sp³-hybridized carbons (Fsp3) is 0.0667. The molecule has 0 aliphatic carbocycles. The number of para-hydroxylation sites is 2. The van der Waals surface area contributed by atoms with E-state index in [2.05, 4.69) is 10.3 Å². The molecular weight excluding hydrogens is 350 g/mol. The van der Waals surface area contributed by atoms with Gasteiger partial charge in [0.1, 0.15) is 5.52 Å². The number of carbonyl (C=O) groups excluding carboxylic acids is 1. The van der Waals surface area contributed by atoms with Crippen LogP contribution in [0.2, 0.25) is 0 Å². The number of aromatic nitrogens is 1. The summed E-state index contributed by atoms with van der Waals surface area (Å²) in [6.07, 6.45) is 0. The van der Waals surface area contributed by atoms with Crippen molar-refractivity contribution in [2.45, 2.75) is 10.1 Å². The fourth-order valence-corrected chi connectivity index (χ4v) is 3.12. The lowest BCUT2D eigenvalue weighted by molar-refractivity contribution is -0.113. The van der Waals surface area contributed by atoms with E-state index >= 15 is 0 Å². The van der Waals surface area contributed by atoms with Crippen LogP contribution in [0.15, 0.2) is 63.1 Å². The highest BCUT2D eigenvalue weighted by atomic mass is 32.2. The number of carbonyl (C=O) groups is 1. The number of fused-ring (bicyclic) bond motifs is 1. The zero-order valence-electron chi connectivity index (χ0n) is 12.3. The first kappa shape index (κ1) is 16.5. The summed E-state index contributed by atoms with van der Waals surface area (Å²) < 4.78 is 27.9. The third kappa shape index (κ3) is 3.94. The molecule has 0 aliphatic rings. The molecule has 0 aliphatic heterocycles. The molecule has 3 rings (SSSR count). The first-order chi connectivity index (χ1) is 11.4. The number of sulfonamides is 1. The molecule has 0 fully saturated rings. The highest BCUT2D eigenvalue weighted by molar-refractivity contribution is 7.99. The molecule has 0 unspecified atom stereocenters. The van der Waals surface area contributed by atoms with Crippen molar-refractivity contribution in [3.8, 4) is 0 Å². The summed E-state index contributed by atoms with van der Waals surface area (Å²) in [5, 5.41) is 8.09. The van der Waals surface area contributed by atoms with Crippen LogP contribution in [0.3, 0.4) is 0 Å². The second-order valence-corrected chi connectivity index (χ2v) is 7.34. The molecule has 9 heteroatoms. The van der Waals surface area contributed by atoms with E-state index in [1.165, 1.54) is 36.0 Å². The van der Waals surface area contributed by atoms with Gasteiger partial charge in [0.25, 0.3) is 5.22 Å². The van der Waals surface area contributed by atoms with Crippen molar-refractivity contribution in [2.75, 3.05) is 11.1 Å². The minimum Gasteiger partial charge on any atom is -0.431 e. The maximum absolute atomic E-state index is 11.9. The molecular formula is C15H13N3O4S2. The van der Waals surface area contributed by atoms with Crippen LogP contribution in [0.4, 0.5) is 5.69 Å². The zero-order valence-corrected chi connectivity index (χ0v) is 13.9. The van der Waals surface area contributed by atoms with Gasteiger partial charge in [-0.2, -0.15) is 0 Å². The number of oxazole rings is 1. The van der Waals surface area contributed by atoms with Crippen LogP contribution in [0.25, 0.3) is 11.1 Å². The van der Waals surface area contributed by atoms with Crippen LogP contribution in [-0.4, -0.2) is 25.1 Å². The summed E-state index contributed by atoms with van der Waals surface area (Å²) in [5.41, 5.74) is 1.88. The Balaban J connectivity index is 1.59. The van der Waals surface area contributed by atoms with Crippen molar-refractivity contribution in [3.63, 3.8) is 0 Å². The molecule has 0 spiro atoms. The SMILES string of the molecule is NS(=O)(=O)c1ccc(NC(=O)CSc2nc3ccccc3o2)cc1. The largest absolute Gasteiger partial charge is 0.431 e. The van der Waals surface area contributed by atoms with E-state index in [1.807, 2.05) is 18.2 Å². The van der Waals surface area contributed by atoms with Crippen molar-refractivity contribution in [1.29, 1.82) is 0 Å². The van der Waals surface area contributed by atoms with Crippen molar-refractivity contribution in [1.82, 2.24) is 4.98 Å². The summed E-state index contributed by atoms with van der Waals surface area (Å²) in [4.78, 5) is 16.2. The fourth-order valence-electron chi connectivity index (χ4n) is 1.97. The quantitative estimate of drug-likeness (QED) is 0.672. The average Bonchev–Trinajstić information content (AvgIpc) is 2.95. The van der Waals surface area contributed by atoms with Gasteiger partial charge in [0.05, 0.1) is 10.6 Å². The molecule has 0 bridgehead atoms. The van der Waals surface area contributed by atoms with Gasteiger partial charge in [-0.25, -0.2) is 18.5 Å². The van der Waals surface area contributed by atoms with Gasteiger partial charge >= 0.3 is 0 Å². The number of primary sulfonamides is 1. The normalized spacial score (nSPS) is 11.5. The molecule has 7 nitrogen and oxygen atoms in total. The average molecular weight is 363 g/mol. The highest BCUT2D eigenvalue weighted by Crippen LogP contribution is 2.23. The first-order valence-corrected chi connectivity index (χ1v) is 9.36. The van der Waals surface area contributed by atoms with Gasteiger partial charge in [0, 0.05) is 5.69 Å². The van der Waals surface area contributed by atoms with Gasteiger partial charge < -0.3 is 9.73 Å². The lowest BCUT2D eigenvalue weighted by atomic mass is 10.3. The molecule has 1 heterocycles. The Bertz CT molecular complexity index is 948. The molecule has 24 heavy (non-hydrogen) atoms. The predicted molar refractivity (Wildman–Crippen MR) is 91.2 cm³/mol. The van der Waals surface area contributed by atoms with Gasteiger partial charge in [0.15, 0.2) is 5.58 Å². The second kappa shape index (κ2) is 6.63. The maximum atomic E-state index is 11.9. The smallest absolute Gasteiger partial charge is 0.257 e. The molecule has 3 N–H and O–H groups in total. The molecule has 0 atom stereocenters. The minimum absolute atomic E-state index is 0.0126. The number of anilines is 1. The number of nitrogens with two attached hydrogens (primary N) is 1. The Kier molecular flexibility index (Phi) is 4.56. The Morgan fingerprint density at radius 1 is 1.17 bits per heavy atom. The summed E-state index contributed by atoms with van der Waals surface area (Å²) in [7, 11) is -3.74. The number of nitrogens with zero attached hydrogens (tertiary/aromatic N) is 1. The number of amides is 1. The second-order valence-electron chi connectivity index (χ2n) is 4.85. The van der Waals surface area contributed by atoms with Crippen molar-refractivity contribution < 1.29 is 17.6 Å². The lowest BCUT2D eigenvalue weighted by Gasteiger charge is -2.05. The van der Waals surface area contributed by atoms with Crippen molar-refractivity contribution in [3.05, 3.63) is 48.5 Å². The monoisotopic (exact) mass is 363 g/mol. The summed E-state index contributed by atoms with van der Waals surface area (Å²) in [5.74, 6) is -0.144. The van der Waals surface area contributed by atoms with E-state index in [0.29, 0.717) is 16.5 Å². The third-order valence-corrected chi connectivity index (χ3v) is 4.82. The molecule has 0 radical (unpaired) electrons. The molecule has 1 aromatic heterocycles. The van der Waals surface area contributed by atoms with Crippen molar-refractivity contribution in [2.24, 2.45) is 5.14 Å². The van der Waals surface area contributed by atoms with Gasteiger partial charge in [-0.15, -0.1) is 0 Å². The highest BCUT2D eigenvalue weighted by Gasteiger charge is 2.10. The van der Waals surface area contributed by atoms with Gasteiger partial charge in [0.2, 0.25) is 15.9 Å². The van der Waals surface area contributed by atoms with Gasteiger partial charge in [-0.1, -0.05) is 23.9 Å². The lowest BCUT2D eigenvalue weighted by Crippen LogP contribution is -2.15. The third-order valence-electron chi connectivity index (χ3n) is 3.07. The van der Waals surface area contributed by atoms with Crippen molar-refractivity contribution >= 4 is 44.5 Å². The predicted octanol–water partition coefficient (Wildman–Crippen LogP) is 2.21. The summed E-state index contributed by atoms with van der Waals surface area (Å²) in [6.45, 7) is 0. The van der Waals surface area contributed by atoms with Crippen LogP contribution in [0, 0.1) is 0 Å². The molecule has 1 amide bonds. The standard InChI is InChI=1S/C15H13N3O4S2/c16-24(20,21)11-7-5-10(6-8-11)17-14(19)9-23-15-18-12-3-1-2-4-13(12)22-15/h1-8H,9H2,(H,17,19)(H2,16,20,21). The summed E-state index contributed by atoms with van der Waals surface area (Å²) in [6, 6.07) is 13.0. The number of benzene rings is 2. The van der Waals surface area contributed by atoms with Crippen LogP contribution >= 0.6 is 11.8 Å². The first-order valence-electron chi connectivity index (χ1n) is 6.83. The van der Waals surface area contributed by atoms with E-state index in [9.17, 15) is 13.2 Å². The van der Waals surface area contributed by atoms with E-state index in [-0.39, 0.29) is 16.6 Å². The number of thioether (sulfide) groups is 1. The summed E-state index contributed by atoms with van der Waals surface area (Å²) >= 11 is 1.18. The van der Waals surface area contributed by atoms with Crippen LogP contribution in [0.1, 0.15) is 0 Å². The molecule has 124 valence electrons.